The molecule has 0 spiro atoms. The average Bonchev–Trinajstić information content (AvgIpc) is 2.34. The van der Waals surface area contributed by atoms with Gasteiger partial charge >= 0.3 is 0 Å². The first-order valence-corrected chi connectivity index (χ1v) is 5.87. The third kappa shape index (κ3) is 2.74. The Labute approximate surface area is 107 Å². The summed E-state index contributed by atoms with van der Waals surface area (Å²) in [5, 5.41) is 2.87. The lowest BCUT2D eigenvalue weighted by atomic mass is 10.1. The lowest BCUT2D eigenvalue weighted by Crippen LogP contribution is -2.12. The van der Waals surface area contributed by atoms with Gasteiger partial charge in [0.05, 0.1) is 5.56 Å². The monoisotopic (exact) mass is 240 g/mol. The van der Waals surface area contributed by atoms with Gasteiger partial charge in [-0.15, -0.1) is 0 Å². The van der Waals surface area contributed by atoms with Crippen LogP contribution >= 0.6 is 0 Å². The van der Waals surface area contributed by atoms with Crippen LogP contribution < -0.4 is 5.32 Å². The van der Waals surface area contributed by atoms with E-state index in [4.69, 9.17) is 0 Å². The highest BCUT2D eigenvalue weighted by molar-refractivity contribution is 6.04. The van der Waals surface area contributed by atoms with E-state index in [0.29, 0.717) is 5.56 Å². The molecule has 1 N–H and O–H groups in total. The van der Waals surface area contributed by atoms with E-state index < -0.39 is 0 Å². The van der Waals surface area contributed by atoms with E-state index in [1.165, 1.54) is 5.56 Å². The van der Waals surface area contributed by atoms with Crippen molar-refractivity contribution in [2.24, 2.45) is 0 Å². The molecule has 0 saturated heterocycles. The molecule has 1 heterocycles. The summed E-state index contributed by atoms with van der Waals surface area (Å²) in [5.41, 5.74) is 4.65. The molecule has 3 nitrogen and oxygen atoms in total. The van der Waals surface area contributed by atoms with Crippen LogP contribution in [0.3, 0.4) is 0 Å². The quantitative estimate of drug-likeness (QED) is 0.875. The van der Waals surface area contributed by atoms with Gasteiger partial charge in [-0.2, -0.15) is 0 Å². The smallest absolute Gasteiger partial charge is 0.257 e. The maximum atomic E-state index is 12.0. The Morgan fingerprint density at radius 3 is 2.44 bits per heavy atom. The SMILES string of the molecule is Cc1ccc(C(=O)Nc2ccc(C)c(C)c2)cn1. The second kappa shape index (κ2) is 5.00. The van der Waals surface area contributed by atoms with Gasteiger partial charge in [-0.1, -0.05) is 6.07 Å². The molecule has 3 heteroatoms. The summed E-state index contributed by atoms with van der Waals surface area (Å²) in [6.07, 6.45) is 1.59. The first-order chi connectivity index (χ1) is 8.56. The van der Waals surface area contributed by atoms with E-state index in [1.807, 2.05) is 45.0 Å². The van der Waals surface area contributed by atoms with Gasteiger partial charge < -0.3 is 5.32 Å². The second-order valence-corrected chi connectivity index (χ2v) is 4.44. The summed E-state index contributed by atoms with van der Waals surface area (Å²) in [6.45, 7) is 5.97. The van der Waals surface area contributed by atoms with Crippen LogP contribution in [0.15, 0.2) is 36.5 Å². The normalized spacial score (nSPS) is 10.2. The van der Waals surface area contributed by atoms with Gasteiger partial charge in [-0.05, 0) is 56.2 Å². The minimum Gasteiger partial charge on any atom is -0.322 e. The van der Waals surface area contributed by atoms with Gasteiger partial charge in [-0.3, -0.25) is 9.78 Å². The molecule has 0 fully saturated rings. The summed E-state index contributed by atoms with van der Waals surface area (Å²) in [6, 6.07) is 9.48. The number of rotatable bonds is 2. The molecule has 0 aliphatic rings. The molecule has 0 bridgehead atoms. The zero-order valence-corrected chi connectivity index (χ0v) is 10.8. The molecule has 1 aromatic carbocycles. The predicted octanol–water partition coefficient (Wildman–Crippen LogP) is 3.26. The second-order valence-electron chi connectivity index (χ2n) is 4.44. The molecule has 0 atom stereocenters. The minimum absolute atomic E-state index is 0.134. The molecular formula is C15H16N2O. The molecule has 0 unspecified atom stereocenters. The van der Waals surface area contributed by atoms with Crippen molar-refractivity contribution in [3.05, 3.63) is 58.9 Å². The number of pyridine rings is 1. The van der Waals surface area contributed by atoms with Crippen LogP contribution in [0.4, 0.5) is 5.69 Å². The van der Waals surface area contributed by atoms with Crippen molar-refractivity contribution < 1.29 is 4.79 Å². The number of aryl methyl sites for hydroxylation is 3. The van der Waals surface area contributed by atoms with Crippen LogP contribution in [-0.2, 0) is 0 Å². The molecule has 0 radical (unpaired) electrons. The number of nitrogens with zero attached hydrogens (tertiary/aromatic N) is 1. The molecule has 92 valence electrons. The summed E-state index contributed by atoms with van der Waals surface area (Å²) in [5.74, 6) is -0.134. The van der Waals surface area contributed by atoms with Gasteiger partial charge in [-0.25, -0.2) is 0 Å². The Hall–Kier alpha value is -2.16. The van der Waals surface area contributed by atoms with Gasteiger partial charge in [0.15, 0.2) is 0 Å². The van der Waals surface area contributed by atoms with Crippen molar-refractivity contribution >= 4 is 11.6 Å². The number of amides is 1. The van der Waals surface area contributed by atoms with Gasteiger partial charge in [0.2, 0.25) is 0 Å². The fourth-order valence-electron chi connectivity index (χ4n) is 1.62. The third-order valence-corrected chi connectivity index (χ3v) is 2.94. The van der Waals surface area contributed by atoms with Crippen molar-refractivity contribution in [1.29, 1.82) is 0 Å². The Balaban J connectivity index is 2.16. The van der Waals surface area contributed by atoms with Gasteiger partial charge in [0.1, 0.15) is 0 Å². The maximum Gasteiger partial charge on any atom is 0.257 e. The molecule has 2 aromatic rings. The van der Waals surface area contributed by atoms with E-state index in [0.717, 1.165) is 16.9 Å². The number of hydrogen-bond acceptors (Lipinski definition) is 2. The van der Waals surface area contributed by atoms with Gasteiger partial charge in [0.25, 0.3) is 5.91 Å². The molecule has 18 heavy (non-hydrogen) atoms. The zero-order chi connectivity index (χ0) is 13.1. The predicted molar refractivity (Wildman–Crippen MR) is 72.8 cm³/mol. The van der Waals surface area contributed by atoms with Crippen LogP contribution in [0.2, 0.25) is 0 Å². The van der Waals surface area contributed by atoms with E-state index in [9.17, 15) is 4.79 Å². The van der Waals surface area contributed by atoms with E-state index in [-0.39, 0.29) is 5.91 Å². The highest BCUT2D eigenvalue weighted by atomic mass is 16.1. The number of anilines is 1. The van der Waals surface area contributed by atoms with Crippen molar-refractivity contribution in [1.82, 2.24) is 4.98 Å². The van der Waals surface area contributed by atoms with Crippen LogP contribution in [0.5, 0.6) is 0 Å². The van der Waals surface area contributed by atoms with Crippen LogP contribution in [0.25, 0.3) is 0 Å². The molecule has 0 saturated carbocycles. The molecule has 1 amide bonds. The maximum absolute atomic E-state index is 12.0. The van der Waals surface area contributed by atoms with Crippen LogP contribution in [-0.4, -0.2) is 10.9 Å². The summed E-state index contributed by atoms with van der Waals surface area (Å²) in [4.78, 5) is 16.1. The standard InChI is InChI=1S/C15H16N2O/c1-10-4-7-14(8-11(10)2)17-15(18)13-6-5-12(3)16-9-13/h4-9H,1-3H3,(H,17,18). The number of aromatic nitrogens is 1. The fourth-order valence-corrected chi connectivity index (χ4v) is 1.62. The molecule has 0 aliphatic carbocycles. The van der Waals surface area contributed by atoms with Crippen LogP contribution in [0.1, 0.15) is 27.2 Å². The molecule has 1 aromatic heterocycles. The Morgan fingerprint density at radius 2 is 1.83 bits per heavy atom. The molecular weight excluding hydrogens is 224 g/mol. The number of carbonyl (C=O) groups is 1. The van der Waals surface area contributed by atoms with E-state index in [2.05, 4.69) is 10.3 Å². The minimum atomic E-state index is -0.134. The lowest BCUT2D eigenvalue weighted by Gasteiger charge is -2.07. The first-order valence-electron chi connectivity index (χ1n) is 5.87. The van der Waals surface area contributed by atoms with Gasteiger partial charge in [0, 0.05) is 17.6 Å². The first kappa shape index (κ1) is 12.3. The largest absolute Gasteiger partial charge is 0.322 e. The Bertz CT molecular complexity index is 574. The zero-order valence-electron chi connectivity index (χ0n) is 10.8. The number of hydrogen-bond donors (Lipinski definition) is 1. The third-order valence-electron chi connectivity index (χ3n) is 2.94. The van der Waals surface area contributed by atoms with E-state index >= 15 is 0 Å². The summed E-state index contributed by atoms with van der Waals surface area (Å²) in [7, 11) is 0. The Kier molecular flexibility index (Phi) is 3.42. The highest BCUT2D eigenvalue weighted by Gasteiger charge is 2.06. The van der Waals surface area contributed by atoms with E-state index in [1.54, 1.807) is 12.3 Å². The molecule has 2 rings (SSSR count). The lowest BCUT2D eigenvalue weighted by molar-refractivity contribution is 0.102. The Morgan fingerprint density at radius 1 is 1.06 bits per heavy atom. The summed E-state index contributed by atoms with van der Waals surface area (Å²) < 4.78 is 0. The number of nitrogens with one attached hydrogen (secondary N) is 1. The number of carbonyl (C=O) groups excluding carboxylic acids is 1. The highest BCUT2D eigenvalue weighted by Crippen LogP contribution is 2.15. The molecule has 0 aliphatic heterocycles. The van der Waals surface area contributed by atoms with Crippen molar-refractivity contribution in [2.45, 2.75) is 20.8 Å². The van der Waals surface area contributed by atoms with Crippen molar-refractivity contribution in [3.8, 4) is 0 Å². The fraction of sp³-hybridized carbons (Fsp3) is 0.200. The van der Waals surface area contributed by atoms with Crippen molar-refractivity contribution in [2.75, 3.05) is 5.32 Å². The van der Waals surface area contributed by atoms with Crippen molar-refractivity contribution in [3.63, 3.8) is 0 Å². The average molecular weight is 240 g/mol. The van der Waals surface area contributed by atoms with Crippen LogP contribution in [0, 0.1) is 20.8 Å². The topological polar surface area (TPSA) is 42.0 Å². The summed E-state index contributed by atoms with van der Waals surface area (Å²) >= 11 is 0. The number of benzene rings is 1.